The lowest BCUT2D eigenvalue weighted by Crippen LogP contribution is -2.13. The Morgan fingerprint density at radius 3 is 2.52 bits per heavy atom. The average molecular weight is 336 g/mol. The van der Waals surface area contributed by atoms with Crippen molar-refractivity contribution in [1.29, 1.82) is 0 Å². The van der Waals surface area contributed by atoms with Gasteiger partial charge in [-0.1, -0.05) is 25.1 Å². The van der Waals surface area contributed by atoms with Crippen LogP contribution in [0.3, 0.4) is 0 Å². The second-order valence-corrected chi connectivity index (χ2v) is 6.27. The van der Waals surface area contributed by atoms with E-state index in [0.717, 1.165) is 34.5 Å². The molecule has 25 heavy (non-hydrogen) atoms. The van der Waals surface area contributed by atoms with E-state index >= 15 is 0 Å². The van der Waals surface area contributed by atoms with Crippen LogP contribution >= 0.6 is 0 Å². The number of imidazole rings is 1. The molecule has 0 bridgehead atoms. The second-order valence-electron chi connectivity index (χ2n) is 6.27. The molecule has 2 aromatic carbocycles. The maximum Gasteiger partial charge on any atom is 0.313 e. The molecule has 1 unspecified atom stereocenters. The van der Waals surface area contributed by atoms with Crippen LogP contribution in [0.2, 0.25) is 0 Å². The molecule has 0 spiro atoms. The van der Waals surface area contributed by atoms with Crippen LogP contribution in [0, 0.1) is 6.92 Å². The van der Waals surface area contributed by atoms with Gasteiger partial charge in [-0.05, 0) is 56.2 Å². The van der Waals surface area contributed by atoms with Crippen LogP contribution in [0.4, 0.5) is 0 Å². The summed E-state index contributed by atoms with van der Waals surface area (Å²) in [7, 11) is 0. The fraction of sp³-hybridized carbons (Fsp3) is 0.333. The Balaban J connectivity index is 2.00. The smallest absolute Gasteiger partial charge is 0.313 e. The molecular formula is C21H24N2O2. The van der Waals surface area contributed by atoms with Gasteiger partial charge in [-0.25, -0.2) is 4.98 Å². The summed E-state index contributed by atoms with van der Waals surface area (Å²) in [6.45, 7) is 8.30. The standard InChI is InChI=1S/C21H24N2O2/c1-5-20-22-18-13-14(3)7-12-19(18)23(20)17-10-8-16(9-11-17)15(4)21(24)25-6-2/h7-13,15H,5-6H2,1-4H3. The Morgan fingerprint density at radius 2 is 1.88 bits per heavy atom. The lowest BCUT2D eigenvalue weighted by Gasteiger charge is -2.13. The van der Waals surface area contributed by atoms with Crippen molar-refractivity contribution >= 4 is 17.0 Å². The Labute approximate surface area is 148 Å². The van der Waals surface area contributed by atoms with Crippen molar-refractivity contribution in [2.75, 3.05) is 6.61 Å². The van der Waals surface area contributed by atoms with E-state index in [-0.39, 0.29) is 11.9 Å². The minimum Gasteiger partial charge on any atom is -0.466 e. The fourth-order valence-corrected chi connectivity index (χ4v) is 3.08. The van der Waals surface area contributed by atoms with Gasteiger partial charge >= 0.3 is 5.97 Å². The molecule has 0 aliphatic rings. The molecule has 4 nitrogen and oxygen atoms in total. The van der Waals surface area contributed by atoms with Crippen molar-refractivity contribution in [3.05, 3.63) is 59.4 Å². The Hall–Kier alpha value is -2.62. The van der Waals surface area contributed by atoms with Crippen LogP contribution in [-0.2, 0) is 16.0 Å². The van der Waals surface area contributed by atoms with Gasteiger partial charge in [0.25, 0.3) is 0 Å². The van der Waals surface area contributed by atoms with E-state index in [4.69, 9.17) is 9.72 Å². The zero-order valence-electron chi connectivity index (χ0n) is 15.2. The summed E-state index contributed by atoms with van der Waals surface area (Å²) < 4.78 is 7.30. The van der Waals surface area contributed by atoms with Crippen molar-refractivity contribution in [1.82, 2.24) is 9.55 Å². The summed E-state index contributed by atoms with van der Waals surface area (Å²) >= 11 is 0. The van der Waals surface area contributed by atoms with Crippen molar-refractivity contribution in [3.8, 4) is 5.69 Å². The second kappa shape index (κ2) is 7.09. The molecule has 4 heteroatoms. The average Bonchev–Trinajstić information content (AvgIpc) is 2.99. The summed E-state index contributed by atoms with van der Waals surface area (Å²) in [6.07, 6.45) is 0.856. The van der Waals surface area contributed by atoms with Gasteiger partial charge in [-0.2, -0.15) is 0 Å². The van der Waals surface area contributed by atoms with Gasteiger partial charge < -0.3 is 4.74 Å². The number of carbonyl (C=O) groups is 1. The van der Waals surface area contributed by atoms with Crippen molar-refractivity contribution < 1.29 is 9.53 Å². The van der Waals surface area contributed by atoms with Crippen LogP contribution in [-0.4, -0.2) is 22.1 Å². The quantitative estimate of drug-likeness (QED) is 0.641. The van der Waals surface area contributed by atoms with Crippen LogP contribution in [0.5, 0.6) is 0 Å². The Kier molecular flexibility index (Phi) is 4.88. The SMILES string of the molecule is CCOC(=O)C(C)c1ccc(-n2c(CC)nc3cc(C)ccc32)cc1. The van der Waals surface area contributed by atoms with Crippen LogP contribution < -0.4 is 0 Å². The number of ether oxygens (including phenoxy) is 1. The van der Waals surface area contributed by atoms with Crippen molar-refractivity contribution in [2.45, 2.75) is 40.0 Å². The largest absolute Gasteiger partial charge is 0.466 e. The predicted octanol–water partition coefficient (Wildman–Crippen LogP) is 4.56. The zero-order valence-corrected chi connectivity index (χ0v) is 15.2. The van der Waals surface area contributed by atoms with E-state index in [2.05, 4.69) is 36.6 Å². The number of benzene rings is 2. The summed E-state index contributed by atoms with van der Waals surface area (Å²) in [5.74, 6) is 0.585. The number of aryl methyl sites for hydroxylation is 2. The molecule has 0 aliphatic heterocycles. The highest BCUT2D eigenvalue weighted by molar-refractivity contribution is 5.80. The normalized spacial score (nSPS) is 12.3. The first kappa shape index (κ1) is 17.2. The third-order valence-corrected chi connectivity index (χ3v) is 4.49. The lowest BCUT2D eigenvalue weighted by molar-refractivity contribution is -0.144. The summed E-state index contributed by atoms with van der Waals surface area (Å²) in [6, 6.07) is 14.4. The molecule has 130 valence electrons. The van der Waals surface area contributed by atoms with Gasteiger partial charge in [0.1, 0.15) is 5.82 Å². The molecule has 1 atom stereocenters. The topological polar surface area (TPSA) is 44.1 Å². The summed E-state index contributed by atoms with van der Waals surface area (Å²) in [4.78, 5) is 16.7. The number of aromatic nitrogens is 2. The molecule has 0 radical (unpaired) electrons. The van der Waals surface area contributed by atoms with E-state index in [0.29, 0.717) is 6.61 Å². The fourth-order valence-electron chi connectivity index (χ4n) is 3.08. The number of hydrogen-bond donors (Lipinski definition) is 0. The molecule has 0 fully saturated rings. The third kappa shape index (κ3) is 3.29. The highest BCUT2D eigenvalue weighted by Gasteiger charge is 2.17. The van der Waals surface area contributed by atoms with Gasteiger partial charge in [0.15, 0.2) is 0 Å². The number of fused-ring (bicyclic) bond motifs is 1. The molecular weight excluding hydrogens is 312 g/mol. The van der Waals surface area contributed by atoms with Gasteiger partial charge in [0.2, 0.25) is 0 Å². The number of nitrogens with zero attached hydrogens (tertiary/aromatic N) is 2. The van der Waals surface area contributed by atoms with E-state index in [1.165, 1.54) is 5.56 Å². The highest BCUT2D eigenvalue weighted by atomic mass is 16.5. The predicted molar refractivity (Wildman–Crippen MR) is 100 cm³/mol. The molecule has 0 saturated carbocycles. The number of esters is 1. The first-order valence-electron chi connectivity index (χ1n) is 8.80. The molecule has 0 amide bonds. The number of hydrogen-bond acceptors (Lipinski definition) is 3. The monoisotopic (exact) mass is 336 g/mol. The van der Waals surface area contributed by atoms with E-state index < -0.39 is 0 Å². The number of carbonyl (C=O) groups excluding carboxylic acids is 1. The maximum atomic E-state index is 11.9. The Bertz CT molecular complexity index is 894. The minimum absolute atomic E-state index is 0.187. The van der Waals surface area contributed by atoms with E-state index in [1.54, 1.807) is 0 Å². The molecule has 0 N–H and O–H groups in total. The third-order valence-electron chi connectivity index (χ3n) is 4.49. The number of rotatable bonds is 5. The van der Waals surface area contributed by atoms with Crippen LogP contribution in [0.25, 0.3) is 16.7 Å². The molecule has 3 aromatic rings. The van der Waals surface area contributed by atoms with Gasteiger partial charge in [-0.3, -0.25) is 9.36 Å². The first-order chi connectivity index (χ1) is 12.0. The Morgan fingerprint density at radius 1 is 1.16 bits per heavy atom. The summed E-state index contributed by atoms with van der Waals surface area (Å²) in [5.41, 5.74) is 5.34. The zero-order chi connectivity index (χ0) is 18.0. The first-order valence-corrected chi connectivity index (χ1v) is 8.80. The maximum absolute atomic E-state index is 11.9. The highest BCUT2D eigenvalue weighted by Crippen LogP contribution is 2.25. The molecule has 1 aromatic heterocycles. The molecule has 0 saturated heterocycles. The summed E-state index contributed by atoms with van der Waals surface area (Å²) in [5, 5.41) is 0. The lowest BCUT2D eigenvalue weighted by atomic mass is 10.0. The van der Waals surface area contributed by atoms with Gasteiger partial charge in [0.05, 0.1) is 23.6 Å². The van der Waals surface area contributed by atoms with Crippen LogP contribution in [0.1, 0.15) is 43.6 Å². The molecule has 3 rings (SSSR count). The van der Waals surface area contributed by atoms with E-state index in [9.17, 15) is 4.79 Å². The van der Waals surface area contributed by atoms with Crippen molar-refractivity contribution in [2.24, 2.45) is 0 Å². The molecule has 0 aliphatic carbocycles. The van der Waals surface area contributed by atoms with Crippen LogP contribution in [0.15, 0.2) is 42.5 Å². The van der Waals surface area contributed by atoms with Gasteiger partial charge in [0, 0.05) is 12.1 Å². The van der Waals surface area contributed by atoms with Gasteiger partial charge in [-0.15, -0.1) is 0 Å². The minimum atomic E-state index is -0.262. The van der Waals surface area contributed by atoms with E-state index in [1.807, 2.05) is 38.1 Å². The molecule has 1 heterocycles. The van der Waals surface area contributed by atoms with Crippen molar-refractivity contribution in [3.63, 3.8) is 0 Å².